The Morgan fingerprint density at radius 1 is 1.12 bits per heavy atom. The average Bonchev–Trinajstić information content (AvgIpc) is 3.04. The lowest BCUT2D eigenvalue weighted by atomic mass is 9.85. The van der Waals surface area contributed by atoms with Crippen LogP contribution in [0.5, 0.6) is 0 Å². The van der Waals surface area contributed by atoms with Crippen LogP contribution >= 0.6 is 0 Å². The van der Waals surface area contributed by atoms with Crippen molar-refractivity contribution in [1.29, 1.82) is 0 Å². The zero-order valence-corrected chi connectivity index (χ0v) is 20.9. The third-order valence-corrected chi connectivity index (χ3v) is 6.11. The molecule has 0 heterocycles. The van der Waals surface area contributed by atoms with Gasteiger partial charge in [0.15, 0.2) is 5.96 Å². The standard InChI is InChI=1S/C20H34O5.C5H14N4/c1-2-3-6-9-15(21)12-13-17-16(18(22)14-19(17)23)10-7-4-5-8-11-20(24)25;6-3-1-2-4-9-5(7)8/h8,11,15-17,19,21,23H,2-7,9-10,12-14H2,1H3,(H,24,25);1-4,6H2,(H4,7,8,9)/t15-,16+,17+,19+;/m0./s1. The first-order chi connectivity index (χ1) is 16.2. The van der Waals surface area contributed by atoms with Crippen LogP contribution in [0.3, 0.4) is 0 Å². The van der Waals surface area contributed by atoms with E-state index >= 15 is 0 Å². The molecular formula is C25H48N4O5. The number of rotatable bonds is 17. The van der Waals surface area contributed by atoms with Gasteiger partial charge in [-0.3, -0.25) is 9.79 Å². The van der Waals surface area contributed by atoms with Crippen molar-refractivity contribution in [3.05, 3.63) is 12.2 Å². The maximum absolute atomic E-state index is 12.1. The van der Waals surface area contributed by atoms with Crippen molar-refractivity contribution in [1.82, 2.24) is 0 Å². The number of aliphatic hydroxyl groups excluding tert-OH is 2. The first-order valence-electron chi connectivity index (χ1n) is 12.8. The number of aliphatic carboxylic acids is 1. The van der Waals surface area contributed by atoms with Gasteiger partial charge < -0.3 is 32.5 Å². The monoisotopic (exact) mass is 484 g/mol. The topological polar surface area (TPSA) is 185 Å². The first kappa shape index (κ1) is 32.0. The van der Waals surface area contributed by atoms with Gasteiger partial charge in [-0.15, -0.1) is 0 Å². The van der Waals surface area contributed by atoms with Crippen LogP contribution in [0, 0.1) is 11.8 Å². The van der Waals surface area contributed by atoms with Crippen LogP contribution < -0.4 is 17.2 Å². The normalized spacial score (nSPS) is 20.7. The predicted molar refractivity (Wildman–Crippen MR) is 136 cm³/mol. The highest BCUT2D eigenvalue weighted by molar-refractivity contribution is 5.84. The second-order valence-corrected chi connectivity index (χ2v) is 9.06. The largest absolute Gasteiger partial charge is 0.478 e. The van der Waals surface area contributed by atoms with Crippen LogP contribution in [0.1, 0.15) is 90.4 Å². The molecule has 9 heteroatoms. The molecule has 0 aliphatic heterocycles. The van der Waals surface area contributed by atoms with E-state index in [1.54, 1.807) is 6.08 Å². The third-order valence-electron chi connectivity index (χ3n) is 6.11. The van der Waals surface area contributed by atoms with Gasteiger partial charge >= 0.3 is 5.97 Å². The summed E-state index contributed by atoms with van der Waals surface area (Å²) >= 11 is 0. The quantitative estimate of drug-likeness (QED) is 0.0786. The molecule has 34 heavy (non-hydrogen) atoms. The molecule has 198 valence electrons. The number of Topliss-reactive ketones (excluding diaryl/α,β-unsaturated/α-hetero) is 1. The number of unbranched alkanes of at least 4 members (excludes halogenated alkanes) is 5. The zero-order valence-electron chi connectivity index (χ0n) is 20.9. The minimum Gasteiger partial charge on any atom is -0.478 e. The van der Waals surface area contributed by atoms with E-state index in [9.17, 15) is 19.8 Å². The molecule has 1 aliphatic carbocycles. The van der Waals surface area contributed by atoms with Gasteiger partial charge in [0.25, 0.3) is 0 Å². The number of carboxylic acids is 1. The number of carbonyl (C=O) groups is 2. The van der Waals surface area contributed by atoms with Crippen molar-refractivity contribution in [2.45, 2.75) is 103 Å². The molecule has 0 amide bonds. The minimum atomic E-state index is -0.938. The SMILES string of the molecule is CCCCC[C@H](O)CC[C@H]1[C@H](O)CC(=O)[C@@H]1CCCCC=CC(=O)O.NCCCCN=C(N)N. The molecule has 0 aromatic rings. The van der Waals surface area contributed by atoms with Gasteiger partial charge in [-0.1, -0.05) is 38.7 Å². The average molecular weight is 485 g/mol. The highest BCUT2D eigenvalue weighted by Gasteiger charge is 2.40. The fraction of sp³-hybridized carbons (Fsp3) is 0.800. The number of guanidine groups is 1. The highest BCUT2D eigenvalue weighted by atomic mass is 16.4. The van der Waals surface area contributed by atoms with E-state index < -0.39 is 12.1 Å². The summed E-state index contributed by atoms with van der Waals surface area (Å²) in [7, 11) is 0. The molecule has 4 atom stereocenters. The molecule has 0 spiro atoms. The second kappa shape index (κ2) is 20.4. The molecule has 1 rings (SSSR count). The zero-order chi connectivity index (χ0) is 25.8. The van der Waals surface area contributed by atoms with Crippen molar-refractivity contribution in [2.75, 3.05) is 13.1 Å². The van der Waals surface area contributed by atoms with Gasteiger partial charge in [0, 0.05) is 25.0 Å². The number of nitrogens with two attached hydrogens (primary N) is 3. The van der Waals surface area contributed by atoms with Gasteiger partial charge in [-0.05, 0) is 63.8 Å². The van der Waals surface area contributed by atoms with E-state index in [1.807, 2.05) is 0 Å². The molecule has 0 aromatic heterocycles. The molecule has 1 aliphatic rings. The van der Waals surface area contributed by atoms with Gasteiger partial charge in [0.2, 0.25) is 0 Å². The first-order valence-corrected chi connectivity index (χ1v) is 12.8. The van der Waals surface area contributed by atoms with Crippen LogP contribution in [-0.4, -0.2) is 58.3 Å². The fourth-order valence-corrected chi connectivity index (χ4v) is 4.22. The number of hydrogen-bond donors (Lipinski definition) is 6. The van der Waals surface area contributed by atoms with E-state index in [4.69, 9.17) is 22.3 Å². The number of carbonyl (C=O) groups excluding carboxylic acids is 1. The number of hydrogen-bond acceptors (Lipinski definition) is 6. The summed E-state index contributed by atoms with van der Waals surface area (Å²) in [5.41, 5.74) is 15.4. The molecule has 0 radical (unpaired) electrons. The van der Waals surface area contributed by atoms with Crippen molar-refractivity contribution >= 4 is 17.7 Å². The number of aliphatic imine (C=N–C) groups is 1. The van der Waals surface area contributed by atoms with Crippen LogP contribution in [-0.2, 0) is 9.59 Å². The molecule has 0 bridgehead atoms. The highest BCUT2D eigenvalue weighted by Crippen LogP contribution is 2.36. The van der Waals surface area contributed by atoms with Crippen LogP contribution in [0.25, 0.3) is 0 Å². The lowest BCUT2D eigenvalue weighted by molar-refractivity contribution is -0.131. The Balaban J connectivity index is 0.00000102. The Morgan fingerprint density at radius 2 is 1.85 bits per heavy atom. The molecule has 0 saturated heterocycles. The van der Waals surface area contributed by atoms with Crippen molar-refractivity contribution < 1.29 is 24.9 Å². The predicted octanol–water partition coefficient (Wildman–Crippen LogP) is 2.47. The Labute approximate surface area is 204 Å². The summed E-state index contributed by atoms with van der Waals surface area (Å²) < 4.78 is 0. The Bertz CT molecular complexity index is 608. The molecule has 0 unspecified atom stereocenters. The second-order valence-electron chi connectivity index (χ2n) is 9.06. The molecule has 1 fully saturated rings. The smallest absolute Gasteiger partial charge is 0.327 e. The summed E-state index contributed by atoms with van der Waals surface area (Å²) in [6.07, 6.45) is 12.6. The van der Waals surface area contributed by atoms with E-state index in [0.717, 1.165) is 63.9 Å². The molecule has 9 nitrogen and oxygen atoms in total. The molecular weight excluding hydrogens is 436 g/mol. The molecule has 0 aromatic carbocycles. The van der Waals surface area contributed by atoms with Crippen molar-refractivity contribution in [3.8, 4) is 0 Å². The van der Waals surface area contributed by atoms with E-state index in [-0.39, 0.29) is 36.1 Å². The summed E-state index contributed by atoms with van der Waals surface area (Å²) in [5.74, 6) is -0.790. The summed E-state index contributed by atoms with van der Waals surface area (Å²) in [4.78, 5) is 26.3. The maximum atomic E-state index is 12.1. The van der Waals surface area contributed by atoms with Gasteiger partial charge in [-0.2, -0.15) is 0 Å². The van der Waals surface area contributed by atoms with Crippen LogP contribution in [0.4, 0.5) is 0 Å². The fourth-order valence-electron chi connectivity index (χ4n) is 4.22. The molecule has 1 saturated carbocycles. The Kier molecular flexibility index (Phi) is 19.2. The number of aliphatic hydroxyl groups is 2. The van der Waals surface area contributed by atoms with Gasteiger partial charge in [0.1, 0.15) is 5.78 Å². The number of carboxylic acid groups (broad SMARTS) is 1. The van der Waals surface area contributed by atoms with E-state index in [1.165, 1.54) is 0 Å². The van der Waals surface area contributed by atoms with E-state index in [0.29, 0.717) is 32.4 Å². The lowest BCUT2D eigenvalue weighted by Gasteiger charge is -2.22. The Morgan fingerprint density at radius 3 is 2.47 bits per heavy atom. The molecule has 9 N–H and O–H groups in total. The van der Waals surface area contributed by atoms with Gasteiger partial charge in [-0.25, -0.2) is 4.79 Å². The number of nitrogens with zero attached hydrogens (tertiary/aromatic N) is 1. The van der Waals surface area contributed by atoms with Crippen molar-refractivity contribution in [3.63, 3.8) is 0 Å². The third kappa shape index (κ3) is 16.6. The van der Waals surface area contributed by atoms with Crippen LogP contribution in [0.15, 0.2) is 17.1 Å². The van der Waals surface area contributed by atoms with Crippen LogP contribution in [0.2, 0.25) is 0 Å². The number of allylic oxidation sites excluding steroid dienone is 1. The summed E-state index contributed by atoms with van der Waals surface area (Å²) in [5, 5.41) is 28.8. The lowest BCUT2D eigenvalue weighted by Crippen LogP contribution is -2.23. The van der Waals surface area contributed by atoms with Gasteiger partial charge in [0.05, 0.1) is 12.2 Å². The summed E-state index contributed by atoms with van der Waals surface area (Å²) in [6, 6.07) is 0. The minimum absolute atomic E-state index is 0.0390. The maximum Gasteiger partial charge on any atom is 0.327 e. The summed E-state index contributed by atoms with van der Waals surface area (Å²) in [6.45, 7) is 3.54. The Hall–Kier alpha value is -1.97. The van der Waals surface area contributed by atoms with E-state index in [2.05, 4.69) is 11.9 Å². The van der Waals surface area contributed by atoms with Crippen molar-refractivity contribution in [2.24, 2.45) is 34.0 Å². The number of ketones is 1.